The van der Waals surface area contributed by atoms with Crippen molar-refractivity contribution in [3.8, 4) is 11.5 Å². The fourth-order valence-corrected chi connectivity index (χ4v) is 4.80. The molecule has 1 fully saturated rings. The number of likely N-dealkylation sites (N-methyl/N-ethyl adjacent to an activating group) is 1. The Hall–Kier alpha value is -1.73. The highest BCUT2D eigenvalue weighted by atomic mass is 35.5. The number of benzene rings is 2. The van der Waals surface area contributed by atoms with E-state index in [1.807, 2.05) is 13.0 Å². The zero-order valence-electron chi connectivity index (χ0n) is 17.7. The van der Waals surface area contributed by atoms with Gasteiger partial charge in [-0.3, -0.25) is 9.69 Å². The van der Waals surface area contributed by atoms with Crippen LogP contribution in [0.25, 0.3) is 6.08 Å². The fraction of sp³-hybridized carbons (Fsp3) is 0.304. The van der Waals surface area contributed by atoms with Gasteiger partial charge in [-0.15, -0.1) is 0 Å². The zero-order valence-corrected chi connectivity index (χ0v) is 20.8. The Morgan fingerprint density at radius 1 is 1.16 bits per heavy atom. The van der Waals surface area contributed by atoms with Crippen molar-refractivity contribution >= 4 is 63.5 Å². The Kier molecular flexibility index (Phi) is 7.92. The van der Waals surface area contributed by atoms with E-state index in [-0.39, 0.29) is 12.5 Å². The molecule has 0 saturated carbocycles. The maximum Gasteiger partial charge on any atom is 0.265 e. The summed E-state index contributed by atoms with van der Waals surface area (Å²) in [6, 6.07) is 9.52. The quantitative estimate of drug-likeness (QED) is 0.242. The molecule has 0 spiro atoms. The van der Waals surface area contributed by atoms with Crippen LogP contribution in [0.1, 0.15) is 36.5 Å². The van der Waals surface area contributed by atoms with Crippen molar-refractivity contribution in [2.75, 3.05) is 20.3 Å². The van der Waals surface area contributed by atoms with Gasteiger partial charge in [-0.25, -0.2) is 0 Å². The van der Waals surface area contributed by atoms with Gasteiger partial charge < -0.3 is 9.47 Å². The van der Waals surface area contributed by atoms with Crippen LogP contribution in [-0.2, 0) is 4.79 Å². The van der Waals surface area contributed by atoms with Crippen LogP contribution < -0.4 is 9.47 Å². The van der Waals surface area contributed by atoms with Crippen LogP contribution in [0.2, 0.25) is 10.0 Å². The highest BCUT2D eigenvalue weighted by Crippen LogP contribution is 2.38. The van der Waals surface area contributed by atoms with E-state index < -0.39 is 0 Å². The molecule has 3 rings (SSSR count). The lowest BCUT2D eigenvalue weighted by molar-refractivity contribution is -0.121. The van der Waals surface area contributed by atoms with Gasteiger partial charge in [-0.2, -0.15) is 0 Å². The molecule has 0 atom stereocenters. The van der Waals surface area contributed by atoms with Gasteiger partial charge in [0, 0.05) is 17.6 Å². The highest BCUT2D eigenvalue weighted by molar-refractivity contribution is 8.26. The molecule has 4 nitrogen and oxygen atoms in total. The number of thiocarbonyl (C=S) groups is 1. The SMILES string of the molecule is Cc1ccc(C(C)C)c(OCCOc2c(Cl)cc(Cl)cc2/C=C2\SC(=S)N(C)C2=O)c1. The van der Waals surface area contributed by atoms with Crippen molar-refractivity contribution in [1.82, 2.24) is 4.90 Å². The minimum absolute atomic E-state index is 0.166. The normalized spacial score (nSPS) is 15.3. The van der Waals surface area contributed by atoms with Gasteiger partial charge in [-0.05, 0) is 48.2 Å². The first kappa shape index (κ1) is 23.9. The van der Waals surface area contributed by atoms with Gasteiger partial charge in [0.1, 0.15) is 29.0 Å². The topological polar surface area (TPSA) is 38.8 Å². The minimum atomic E-state index is -0.166. The molecule has 2 aromatic rings. The van der Waals surface area contributed by atoms with E-state index in [1.54, 1.807) is 25.3 Å². The molecule has 0 radical (unpaired) electrons. The number of aryl methyl sites for hydroxylation is 1. The van der Waals surface area contributed by atoms with Gasteiger partial charge in [0.15, 0.2) is 0 Å². The van der Waals surface area contributed by atoms with E-state index in [2.05, 4.69) is 26.0 Å². The number of ether oxygens (including phenoxy) is 2. The van der Waals surface area contributed by atoms with Crippen molar-refractivity contribution < 1.29 is 14.3 Å². The van der Waals surface area contributed by atoms with Crippen LogP contribution in [0.3, 0.4) is 0 Å². The Morgan fingerprint density at radius 2 is 1.87 bits per heavy atom. The smallest absolute Gasteiger partial charge is 0.265 e. The maximum absolute atomic E-state index is 12.4. The van der Waals surface area contributed by atoms with Gasteiger partial charge in [0.05, 0.1) is 9.93 Å². The predicted molar refractivity (Wildman–Crippen MR) is 134 cm³/mol. The number of carbonyl (C=O) groups is 1. The summed E-state index contributed by atoms with van der Waals surface area (Å²) in [5.74, 6) is 1.49. The number of halogens is 2. The molecule has 31 heavy (non-hydrogen) atoms. The summed E-state index contributed by atoms with van der Waals surface area (Å²) in [6.45, 7) is 6.92. The van der Waals surface area contributed by atoms with E-state index >= 15 is 0 Å². The molecule has 1 amide bonds. The monoisotopic (exact) mass is 495 g/mol. The molecule has 164 valence electrons. The molecule has 0 N–H and O–H groups in total. The number of thioether (sulfide) groups is 1. The maximum atomic E-state index is 12.4. The van der Waals surface area contributed by atoms with E-state index in [4.69, 9.17) is 44.9 Å². The fourth-order valence-electron chi connectivity index (χ4n) is 3.07. The van der Waals surface area contributed by atoms with Crippen LogP contribution >= 0.6 is 47.2 Å². The largest absolute Gasteiger partial charge is 0.490 e. The number of carbonyl (C=O) groups excluding carboxylic acids is 1. The first-order chi connectivity index (χ1) is 14.7. The number of hydrogen-bond acceptors (Lipinski definition) is 5. The predicted octanol–water partition coefficient (Wildman–Crippen LogP) is 6.71. The molecule has 1 heterocycles. The molecule has 0 aromatic heterocycles. The highest BCUT2D eigenvalue weighted by Gasteiger charge is 2.29. The Labute approximate surface area is 202 Å². The van der Waals surface area contributed by atoms with Crippen LogP contribution in [0.5, 0.6) is 11.5 Å². The molecule has 1 aliphatic rings. The summed E-state index contributed by atoms with van der Waals surface area (Å²) >= 11 is 19.0. The second-order valence-corrected chi connectivity index (χ2v) is 9.96. The van der Waals surface area contributed by atoms with E-state index in [0.29, 0.717) is 43.1 Å². The van der Waals surface area contributed by atoms with Gasteiger partial charge >= 0.3 is 0 Å². The lowest BCUT2D eigenvalue weighted by Crippen LogP contribution is -2.22. The van der Waals surface area contributed by atoms with Crippen LogP contribution in [0.4, 0.5) is 0 Å². The van der Waals surface area contributed by atoms with E-state index in [0.717, 1.165) is 16.9 Å². The summed E-state index contributed by atoms with van der Waals surface area (Å²) in [5.41, 5.74) is 2.90. The van der Waals surface area contributed by atoms with Crippen molar-refractivity contribution in [3.63, 3.8) is 0 Å². The molecule has 1 saturated heterocycles. The molecule has 8 heteroatoms. The van der Waals surface area contributed by atoms with Crippen molar-refractivity contribution in [2.24, 2.45) is 0 Å². The number of amides is 1. The van der Waals surface area contributed by atoms with Crippen LogP contribution in [-0.4, -0.2) is 35.4 Å². The van der Waals surface area contributed by atoms with Crippen molar-refractivity contribution in [3.05, 3.63) is 62.0 Å². The summed E-state index contributed by atoms with van der Waals surface area (Å²) in [5, 5.41) is 0.817. The molecule has 1 aliphatic heterocycles. The molecular formula is C23H23Cl2NO3S2. The van der Waals surface area contributed by atoms with Crippen LogP contribution in [0, 0.1) is 6.92 Å². The second kappa shape index (κ2) is 10.3. The van der Waals surface area contributed by atoms with Crippen LogP contribution in [0.15, 0.2) is 35.2 Å². The zero-order chi connectivity index (χ0) is 22.7. The van der Waals surface area contributed by atoms with Gasteiger partial charge in [0.25, 0.3) is 5.91 Å². The first-order valence-corrected chi connectivity index (χ1v) is 11.7. The Bertz CT molecular complexity index is 1050. The molecule has 0 unspecified atom stereocenters. The molecule has 0 aliphatic carbocycles. The Balaban J connectivity index is 1.75. The lowest BCUT2D eigenvalue weighted by Gasteiger charge is -2.16. The number of nitrogens with zero attached hydrogens (tertiary/aromatic N) is 1. The van der Waals surface area contributed by atoms with E-state index in [1.165, 1.54) is 16.7 Å². The third kappa shape index (κ3) is 5.75. The second-order valence-electron chi connectivity index (χ2n) is 7.44. The summed E-state index contributed by atoms with van der Waals surface area (Å²) < 4.78 is 12.4. The average Bonchev–Trinajstić information content (AvgIpc) is 2.93. The average molecular weight is 496 g/mol. The van der Waals surface area contributed by atoms with Gasteiger partial charge in [-0.1, -0.05) is 73.2 Å². The third-order valence-corrected chi connectivity index (χ3v) is 6.67. The van der Waals surface area contributed by atoms with Crippen molar-refractivity contribution in [2.45, 2.75) is 26.7 Å². The van der Waals surface area contributed by atoms with Gasteiger partial charge in [0.2, 0.25) is 0 Å². The lowest BCUT2D eigenvalue weighted by atomic mass is 10.0. The first-order valence-electron chi connectivity index (χ1n) is 9.74. The third-order valence-electron chi connectivity index (χ3n) is 4.69. The Morgan fingerprint density at radius 3 is 2.52 bits per heavy atom. The number of hydrogen-bond donors (Lipinski definition) is 0. The number of rotatable bonds is 7. The minimum Gasteiger partial charge on any atom is -0.490 e. The molecule has 0 bridgehead atoms. The van der Waals surface area contributed by atoms with Crippen molar-refractivity contribution in [1.29, 1.82) is 0 Å². The standard InChI is InChI=1S/C23H23Cl2NO3S2/c1-13(2)17-6-5-14(3)9-19(17)28-7-8-29-21-15(10-16(24)12-18(21)25)11-20-22(27)26(4)23(30)31-20/h5-6,9-13H,7-8H2,1-4H3/b20-11-. The summed E-state index contributed by atoms with van der Waals surface area (Å²) in [7, 11) is 1.65. The van der Waals surface area contributed by atoms with E-state index in [9.17, 15) is 4.79 Å². The summed E-state index contributed by atoms with van der Waals surface area (Å²) in [4.78, 5) is 14.3. The summed E-state index contributed by atoms with van der Waals surface area (Å²) in [6.07, 6.45) is 1.70. The molecule has 2 aromatic carbocycles. The molecular weight excluding hydrogens is 473 g/mol.